The molecule has 5 heteroatoms. The summed E-state index contributed by atoms with van der Waals surface area (Å²) < 4.78 is 0. The number of hydrogen-bond donors (Lipinski definition) is 1. The molecule has 1 aliphatic heterocycles. The average Bonchev–Trinajstić information content (AvgIpc) is 3.00. The summed E-state index contributed by atoms with van der Waals surface area (Å²) in [4.78, 5) is 16.1. The van der Waals surface area contributed by atoms with E-state index in [9.17, 15) is 4.79 Å². The van der Waals surface area contributed by atoms with Crippen molar-refractivity contribution < 1.29 is 4.79 Å². The molecule has 1 atom stereocenters. The molecule has 0 saturated carbocycles. The van der Waals surface area contributed by atoms with Crippen molar-refractivity contribution in [2.75, 3.05) is 6.54 Å². The normalized spacial score (nSPS) is 16.1. The fourth-order valence-electron chi connectivity index (χ4n) is 2.74. The first-order chi connectivity index (χ1) is 10.6. The van der Waals surface area contributed by atoms with Crippen LogP contribution in [0.1, 0.15) is 22.9 Å². The summed E-state index contributed by atoms with van der Waals surface area (Å²) in [6.07, 6.45) is 1.04. The third-order valence-electron chi connectivity index (χ3n) is 4.18. The van der Waals surface area contributed by atoms with Crippen LogP contribution >= 0.6 is 22.9 Å². The van der Waals surface area contributed by atoms with Gasteiger partial charge < -0.3 is 5.32 Å². The highest BCUT2D eigenvalue weighted by Gasteiger charge is 2.25. The number of thiophene rings is 1. The fourth-order valence-corrected chi connectivity index (χ4v) is 3.83. The number of rotatable bonds is 4. The van der Waals surface area contributed by atoms with Gasteiger partial charge in [-0.05, 0) is 42.0 Å². The van der Waals surface area contributed by atoms with Crippen molar-refractivity contribution in [2.24, 2.45) is 0 Å². The number of hydrogen-bond acceptors (Lipinski definition) is 3. The van der Waals surface area contributed by atoms with Crippen LogP contribution in [0.3, 0.4) is 0 Å². The van der Waals surface area contributed by atoms with Gasteiger partial charge in [0.05, 0.1) is 6.04 Å². The molecule has 116 valence electrons. The van der Waals surface area contributed by atoms with E-state index >= 15 is 0 Å². The quantitative estimate of drug-likeness (QED) is 0.928. The van der Waals surface area contributed by atoms with E-state index in [0.29, 0.717) is 11.6 Å². The van der Waals surface area contributed by atoms with Gasteiger partial charge in [-0.15, -0.1) is 11.3 Å². The Bertz CT molecular complexity index is 670. The van der Waals surface area contributed by atoms with Gasteiger partial charge in [-0.25, -0.2) is 0 Å². The van der Waals surface area contributed by atoms with Gasteiger partial charge in [-0.1, -0.05) is 29.8 Å². The minimum Gasteiger partial charge on any atom is -0.351 e. The van der Waals surface area contributed by atoms with Gasteiger partial charge in [0, 0.05) is 29.5 Å². The molecule has 1 aliphatic rings. The molecule has 0 radical (unpaired) electrons. The standard InChI is InChI=1S/C17H19ClN2OS/c1-12(20-8-6-16-14(11-20)7-9-22-16)17(21)19-10-13-4-2-3-5-15(13)18/h2-5,7,9,12H,6,8,10-11H2,1H3,(H,19,21)/t12-/m1/s1. The summed E-state index contributed by atoms with van der Waals surface area (Å²) in [5, 5.41) is 5.82. The van der Waals surface area contributed by atoms with Crippen molar-refractivity contribution in [3.05, 3.63) is 56.7 Å². The van der Waals surface area contributed by atoms with Crippen LogP contribution in [0.2, 0.25) is 5.02 Å². The Kier molecular flexibility index (Phi) is 4.81. The van der Waals surface area contributed by atoms with E-state index in [1.165, 1.54) is 10.4 Å². The Hall–Kier alpha value is -1.36. The number of carbonyl (C=O) groups excluding carboxylic acids is 1. The van der Waals surface area contributed by atoms with Crippen LogP contribution in [-0.2, 0) is 24.3 Å². The maximum absolute atomic E-state index is 12.4. The average molecular weight is 335 g/mol. The van der Waals surface area contributed by atoms with Gasteiger partial charge in [0.1, 0.15) is 0 Å². The van der Waals surface area contributed by atoms with E-state index < -0.39 is 0 Å². The van der Waals surface area contributed by atoms with Crippen molar-refractivity contribution in [1.82, 2.24) is 10.2 Å². The van der Waals surface area contributed by atoms with E-state index in [1.807, 2.05) is 42.5 Å². The predicted octanol–water partition coefficient (Wildman–Crippen LogP) is 3.46. The molecule has 0 unspecified atom stereocenters. The largest absolute Gasteiger partial charge is 0.351 e. The summed E-state index contributed by atoms with van der Waals surface area (Å²) in [6.45, 7) is 4.24. The molecule has 0 spiro atoms. The number of nitrogens with zero attached hydrogens (tertiary/aromatic N) is 1. The van der Waals surface area contributed by atoms with Crippen molar-refractivity contribution in [3.8, 4) is 0 Å². The number of nitrogens with one attached hydrogen (secondary N) is 1. The molecular formula is C17H19ClN2OS. The van der Waals surface area contributed by atoms with Gasteiger partial charge in [-0.2, -0.15) is 0 Å². The Morgan fingerprint density at radius 3 is 3.05 bits per heavy atom. The molecule has 0 bridgehead atoms. The predicted molar refractivity (Wildman–Crippen MR) is 91.2 cm³/mol. The topological polar surface area (TPSA) is 32.3 Å². The zero-order chi connectivity index (χ0) is 15.5. The van der Waals surface area contributed by atoms with Gasteiger partial charge in [-0.3, -0.25) is 9.69 Å². The SMILES string of the molecule is C[C@H](C(=O)NCc1ccccc1Cl)N1CCc2sccc2C1. The lowest BCUT2D eigenvalue weighted by molar-refractivity contribution is -0.126. The summed E-state index contributed by atoms with van der Waals surface area (Å²) >= 11 is 7.93. The Morgan fingerprint density at radius 2 is 2.23 bits per heavy atom. The van der Waals surface area contributed by atoms with Gasteiger partial charge in [0.25, 0.3) is 0 Å². The van der Waals surface area contributed by atoms with E-state index in [4.69, 9.17) is 11.6 Å². The monoisotopic (exact) mass is 334 g/mol. The molecule has 3 rings (SSSR count). The Balaban J connectivity index is 1.57. The molecule has 1 aromatic carbocycles. The first-order valence-electron chi connectivity index (χ1n) is 7.45. The van der Waals surface area contributed by atoms with E-state index in [1.54, 1.807) is 0 Å². The molecule has 0 saturated heterocycles. The molecule has 1 aromatic heterocycles. The molecule has 1 N–H and O–H groups in total. The molecular weight excluding hydrogens is 316 g/mol. The number of amides is 1. The van der Waals surface area contributed by atoms with Gasteiger partial charge in [0.2, 0.25) is 5.91 Å². The molecule has 1 amide bonds. The molecule has 2 heterocycles. The highest BCUT2D eigenvalue weighted by atomic mass is 35.5. The summed E-state index contributed by atoms with van der Waals surface area (Å²) in [7, 11) is 0. The smallest absolute Gasteiger partial charge is 0.237 e. The van der Waals surface area contributed by atoms with Crippen LogP contribution in [0.4, 0.5) is 0 Å². The molecule has 0 fully saturated rings. The van der Waals surface area contributed by atoms with Crippen molar-refractivity contribution >= 4 is 28.8 Å². The molecule has 3 nitrogen and oxygen atoms in total. The number of fused-ring (bicyclic) bond motifs is 1. The van der Waals surface area contributed by atoms with Crippen LogP contribution in [0, 0.1) is 0 Å². The summed E-state index contributed by atoms with van der Waals surface area (Å²) in [5.74, 6) is 0.0543. The first kappa shape index (κ1) is 15.5. The third-order valence-corrected chi connectivity index (χ3v) is 5.57. The maximum Gasteiger partial charge on any atom is 0.237 e. The van der Waals surface area contributed by atoms with Gasteiger partial charge >= 0.3 is 0 Å². The first-order valence-corrected chi connectivity index (χ1v) is 8.71. The van der Waals surface area contributed by atoms with Crippen LogP contribution in [0.15, 0.2) is 35.7 Å². The van der Waals surface area contributed by atoms with E-state index in [-0.39, 0.29) is 11.9 Å². The fraction of sp³-hybridized carbons (Fsp3) is 0.353. The zero-order valence-electron chi connectivity index (χ0n) is 12.5. The number of benzene rings is 1. The van der Waals surface area contributed by atoms with Crippen molar-refractivity contribution in [2.45, 2.75) is 32.5 Å². The van der Waals surface area contributed by atoms with Crippen molar-refractivity contribution in [3.63, 3.8) is 0 Å². The van der Waals surface area contributed by atoms with Crippen molar-refractivity contribution in [1.29, 1.82) is 0 Å². The van der Waals surface area contributed by atoms with E-state index in [2.05, 4.69) is 21.7 Å². The van der Waals surface area contributed by atoms with Gasteiger partial charge in [0.15, 0.2) is 0 Å². The molecule has 2 aromatic rings. The number of halogens is 1. The Labute approximate surface area is 139 Å². The maximum atomic E-state index is 12.4. The van der Waals surface area contributed by atoms with Crippen LogP contribution in [0.5, 0.6) is 0 Å². The van der Waals surface area contributed by atoms with Crippen LogP contribution in [0.25, 0.3) is 0 Å². The van der Waals surface area contributed by atoms with Crippen LogP contribution in [-0.4, -0.2) is 23.4 Å². The molecule has 0 aliphatic carbocycles. The minimum atomic E-state index is -0.129. The van der Waals surface area contributed by atoms with E-state index in [0.717, 1.165) is 25.1 Å². The second-order valence-corrected chi connectivity index (χ2v) is 6.98. The summed E-state index contributed by atoms with van der Waals surface area (Å²) in [6, 6.07) is 9.64. The molecule has 22 heavy (non-hydrogen) atoms. The lowest BCUT2D eigenvalue weighted by Gasteiger charge is -2.31. The summed E-state index contributed by atoms with van der Waals surface area (Å²) in [5.41, 5.74) is 2.31. The lowest BCUT2D eigenvalue weighted by Crippen LogP contribution is -2.46. The minimum absolute atomic E-state index is 0.0543. The second kappa shape index (κ2) is 6.82. The highest BCUT2D eigenvalue weighted by Crippen LogP contribution is 2.25. The van der Waals surface area contributed by atoms with Crippen LogP contribution < -0.4 is 5.32 Å². The lowest BCUT2D eigenvalue weighted by atomic mass is 10.1. The highest BCUT2D eigenvalue weighted by molar-refractivity contribution is 7.10. The third kappa shape index (κ3) is 3.35. The zero-order valence-corrected chi connectivity index (χ0v) is 14.1. The number of carbonyl (C=O) groups is 1. The second-order valence-electron chi connectivity index (χ2n) is 5.57. The Morgan fingerprint density at radius 1 is 1.41 bits per heavy atom.